The topological polar surface area (TPSA) is 69.1 Å². The van der Waals surface area contributed by atoms with E-state index >= 15 is 0 Å². The third kappa shape index (κ3) is 2.56. The largest absolute Gasteiger partial charge is 0.399 e. The van der Waals surface area contributed by atoms with Gasteiger partial charge in [0.1, 0.15) is 0 Å². The van der Waals surface area contributed by atoms with Crippen LogP contribution in [-0.2, 0) is 4.79 Å². The fraction of sp³-hybridized carbons (Fsp3) is 0. The average molecular weight is 229 g/mol. The fourth-order valence-corrected chi connectivity index (χ4v) is 1.43. The second-order valence-corrected chi connectivity index (χ2v) is 3.29. The molecule has 0 radical (unpaired) electrons. The first kappa shape index (κ1) is 10.7. The molecule has 4 N–H and O–H groups in total. The Hall–Kier alpha value is -1.37. The number of carbonyl (C=O) groups excluding carboxylic acids is 1. The van der Waals surface area contributed by atoms with Gasteiger partial charge in [-0.1, -0.05) is 29.1 Å². The van der Waals surface area contributed by atoms with Crippen molar-refractivity contribution in [1.82, 2.24) is 0 Å². The van der Waals surface area contributed by atoms with E-state index in [0.29, 0.717) is 21.3 Å². The first-order valence-electron chi connectivity index (χ1n) is 3.56. The van der Waals surface area contributed by atoms with Crippen LogP contribution in [0.2, 0.25) is 10.0 Å². The Morgan fingerprint density at radius 1 is 1.29 bits per heavy atom. The van der Waals surface area contributed by atoms with Crippen molar-refractivity contribution in [2.24, 2.45) is 5.73 Å². The maximum atomic E-state index is 10.4. The molecule has 0 aromatic heterocycles. The van der Waals surface area contributed by atoms with E-state index in [9.17, 15) is 4.79 Å². The van der Waals surface area contributed by atoms with Gasteiger partial charge in [-0.3, -0.25) is 4.79 Å². The molecular formula is C9H6Cl2N2O. The number of primary amides is 1. The van der Waals surface area contributed by atoms with Crippen molar-refractivity contribution in [2.45, 2.75) is 0 Å². The summed E-state index contributed by atoms with van der Waals surface area (Å²) in [6.45, 7) is 0. The number of nitrogen functional groups attached to an aromatic ring is 1. The summed E-state index contributed by atoms with van der Waals surface area (Å²) >= 11 is 11.6. The summed E-state index contributed by atoms with van der Waals surface area (Å²) in [4.78, 5) is 10.4. The number of hydrogen-bond acceptors (Lipinski definition) is 2. The predicted molar refractivity (Wildman–Crippen MR) is 56.9 cm³/mol. The first-order valence-corrected chi connectivity index (χ1v) is 4.32. The number of anilines is 1. The SMILES string of the molecule is NC(=O)C#Cc1c(Cl)cc(N)cc1Cl. The Morgan fingerprint density at radius 2 is 1.79 bits per heavy atom. The van der Waals surface area contributed by atoms with Gasteiger partial charge in [-0.25, -0.2) is 0 Å². The molecule has 0 aliphatic heterocycles. The quantitative estimate of drug-likeness (QED) is 0.521. The number of halogens is 2. The Labute approximate surface area is 91.0 Å². The van der Waals surface area contributed by atoms with Gasteiger partial charge in [0, 0.05) is 11.6 Å². The molecule has 0 heterocycles. The van der Waals surface area contributed by atoms with Crippen molar-refractivity contribution < 1.29 is 4.79 Å². The van der Waals surface area contributed by atoms with Crippen LogP contribution in [0.15, 0.2) is 12.1 Å². The lowest BCUT2D eigenvalue weighted by molar-refractivity contribution is -0.112. The molecule has 5 heteroatoms. The second kappa shape index (κ2) is 4.23. The monoisotopic (exact) mass is 228 g/mol. The van der Waals surface area contributed by atoms with Crippen molar-refractivity contribution in [3.63, 3.8) is 0 Å². The minimum atomic E-state index is -0.742. The number of carbonyl (C=O) groups is 1. The molecule has 14 heavy (non-hydrogen) atoms. The molecule has 0 bridgehead atoms. The molecule has 0 saturated carbocycles. The molecule has 0 aliphatic rings. The maximum absolute atomic E-state index is 10.4. The Balaban J connectivity index is 3.24. The second-order valence-electron chi connectivity index (χ2n) is 2.47. The zero-order valence-corrected chi connectivity index (χ0v) is 8.49. The van der Waals surface area contributed by atoms with Crippen LogP contribution in [0.1, 0.15) is 5.56 Å². The summed E-state index contributed by atoms with van der Waals surface area (Å²) in [5.41, 5.74) is 11.1. The number of benzene rings is 1. The van der Waals surface area contributed by atoms with Crippen LogP contribution in [0.25, 0.3) is 0 Å². The van der Waals surface area contributed by atoms with Crippen LogP contribution in [0.3, 0.4) is 0 Å². The third-order valence-electron chi connectivity index (χ3n) is 1.38. The van der Waals surface area contributed by atoms with E-state index in [4.69, 9.17) is 34.7 Å². The highest BCUT2D eigenvalue weighted by molar-refractivity contribution is 6.37. The van der Waals surface area contributed by atoms with Crippen molar-refractivity contribution in [3.8, 4) is 11.8 Å². The van der Waals surface area contributed by atoms with Crippen LogP contribution in [0, 0.1) is 11.8 Å². The maximum Gasteiger partial charge on any atom is 0.293 e. The highest BCUT2D eigenvalue weighted by atomic mass is 35.5. The van der Waals surface area contributed by atoms with Crippen LogP contribution in [0.5, 0.6) is 0 Å². The summed E-state index contributed by atoms with van der Waals surface area (Å²) in [6, 6.07) is 3.00. The lowest BCUT2D eigenvalue weighted by Crippen LogP contribution is -2.06. The molecule has 1 amide bonds. The van der Waals surface area contributed by atoms with Crippen LogP contribution < -0.4 is 11.5 Å². The number of nitrogens with two attached hydrogens (primary N) is 2. The van der Waals surface area contributed by atoms with Crippen LogP contribution >= 0.6 is 23.2 Å². The van der Waals surface area contributed by atoms with E-state index in [0.717, 1.165) is 0 Å². The van der Waals surface area contributed by atoms with Gasteiger partial charge < -0.3 is 11.5 Å². The Morgan fingerprint density at radius 3 is 2.21 bits per heavy atom. The minimum Gasteiger partial charge on any atom is -0.399 e. The number of amides is 1. The molecule has 0 saturated heterocycles. The smallest absolute Gasteiger partial charge is 0.293 e. The van der Waals surface area contributed by atoms with E-state index in [2.05, 4.69) is 11.8 Å². The Kier molecular flexibility index (Phi) is 3.23. The molecule has 72 valence electrons. The standard InChI is InChI=1S/C9H6Cl2N2O/c10-7-3-5(12)4-8(11)6(7)1-2-9(13)14/h3-4H,12H2,(H2,13,14). The predicted octanol–water partition coefficient (Wildman–Crippen LogP) is 1.41. The zero-order chi connectivity index (χ0) is 10.7. The van der Waals surface area contributed by atoms with Gasteiger partial charge in [0.25, 0.3) is 5.91 Å². The molecule has 0 spiro atoms. The molecule has 0 atom stereocenters. The molecule has 3 nitrogen and oxygen atoms in total. The molecule has 1 aromatic rings. The summed E-state index contributed by atoms with van der Waals surface area (Å²) in [7, 11) is 0. The van der Waals surface area contributed by atoms with Crippen molar-refractivity contribution in [2.75, 3.05) is 5.73 Å². The van der Waals surface area contributed by atoms with E-state index in [-0.39, 0.29) is 0 Å². The van der Waals surface area contributed by atoms with Gasteiger partial charge in [0.15, 0.2) is 0 Å². The number of rotatable bonds is 0. The normalized spacial score (nSPS) is 9.00. The molecule has 0 unspecified atom stereocenters. The molecule has 0 aliphatic carbocycles. The molecule has 1 rings (SSSR count). The van der Waals surface area contributed by atoms with Gasteiger partial charge >= 0.3 is 0 Å². The van der Waals surface area contributed by atoms with Crippen molar-refractivity contribution >= 4 is 34.8 Å². The lowest BCUT2D eigenvalue weighted by atomic mass is 10.2. The average Bonchev–Trinajstić information content (AvgIpc) is 2.01. The summed E-state index contributed by atoms with van der Waals surface area (Å²) < 4.78 is 0. The van der Waals surface area contributed by atoms with Gasteiger partial charge in [-0.2, -0.15) is 0 Å². The molecule has 1 aromatic carbocycles. The summed E-state index contributed by atoms with van der Waals surface area (Å²) in [5, 5.41) is 0.590. The number of hydrogen-bond donors (Lipinski definition) is 2. The highest BCUT2D eigenvalue weighted by Gasteiger charge is 2.04. The summed E-state index contributed by atoms with van der Waals surface area (Å²) in [5.74, 6) is 3.86. The van der Waals surface area contributed by atoms with Gasteiger partial charge in [0.05, 0.1) is 15.6 Å². The van der Waals surface area contributed by atoms with Crippen LogP contribution in [0.4, 0.5) is 5.69 Å². The lowest BCUT2D eigenvalue weighted by Gasteiger charge is -2.00. The van der Waals surface area contributed by atoms with Gasteiger partial charge in [-0.05, 0) is 12.1 Å². The van der Waals surface area contributed by atoms with E-state index in [1.807, 2.05) is 0 Å². The first-order chi connectivity index (χ1) is 6.50. The molecular weight excluding hydrogens is 223 g/mol. The fourth-order valence-electron chi connectivity index (χ4n) is 0.836. The summed E-state index contributed by atoms with van der Waals surface area (Å²) in [6.07, 6.45) is 0. The van der Waals surface area contributed by atoms with E-state index in [1.54, 1.807) is 0 Å². The van der Waals surface area contributed by atoms with Gasteiger partial charge in [0.2, 0.25) is 0 Å². The van der Waals surface area contributed by atoms with E-state index < -0.39 is 5.91 Å². The van der Waals surface area contributed by atoms with Crippen molar-refractivity contribution in [1.29, 1.82) is 0 Å². The third-order valence-corrected chi connectivity index (χ3v) is 1.97. The van der Waals surface area contributed by atoms with Gasteiger partial charge in [-0.15, -0.1) is 0 Å². The highest BCUT2D eigenvalue weighted by Crippen LogP contribution is 2.26. The zero-order valence-electron chi connectivity index (χ0n) is 6.97. The van der Waals surface area contributed by atoms with E-state index in [1.165, 1.54) is 12.1 Å². The van der Waals surface area contributed by atoms with Crippen molar-refractivity contribution in [3.05, 3.63) is 27.7 Å². The Bertz CT molecular complexity index is 423. The minimum absolute atomic E-state index is 0.295. The molecule has 0 fully saturated rings. The van der Waals surface area contributed by atoms with Crippen LogP contribution in [-0.4, -0.2) is 5.91 Å².